The van der Waals surface area contributed by atoms with Crippen molar-refractivity contribution < 1.29 is 0 Å². The molecule has 210 valence electrons. The van der Waals surface area contributed by atoms with Crippen molar-refractivity contribution in [3.05, 3.63) is 150 Å². The van der Waals surface area contributed by atoms with Gasteiger partial charge in [-0.05, 0) is 84.2 Å². The Hall–Kier alpha value is -6.27. The summed E-state index contributed by atoms with van der Waals surface area (Å²) < 4.78 is 1.87. The fourth-order valence-electron chi connectivity index (χ4n) is 6.40. The monoisotopic (exact) mass is 577 g/mol. The molecule has 0 saturated heterocycles. The van der Waals surface area contributed by atoms with E-state index in [1.54, 1.807) is 12.4 Å². The molecule has 0 aliphatic heterocycles. The Morgan fingerprint density at radius 3 is 1.56 bits per heavy atom. The molecular weight excluding hydrogens is 554 g/mol. The first kappa shape index (κ1) is 25.2. The maximum atomic E-state index is 14.0. The minimum atomic E-state index is -0.0192. The van der Waals surface area contributed by atoms with Gasteiger partial charge < -0.3 is 0 Å². The van der Waals surface area contributed by atoms with Crippen LogP contribution in [0.1, 0.15) is 0 Å². The molecule has 0 atom stereocenters. The molecule has 0 unspecified atom stereocenters. The van der Waals surface area contributed by atoms with Crippen LogP contribution in [0.2, 0.25) is 0 Å². The second-order valence-electron chi connectivity index (χ2n) is 11.1. The zero-order valence-corrected chi connectivity index (χ0v) is 23.9. The highest BCUT2D eigenvalue weighted by Gasteiger charge is 2.19. The normalized spacial score (nSPS) is 11.6. The number of pyridine rings is 5. The molecule has 0 spiro atoms. The lowest BCUT2D eigenvalue weighted by atomic mass is 9.99. The third kappa shape index (κ3) is 4.00. The fourth-order valence-corrected chi connectivity index (χ4v) is 6.40. The van der Waals surface area contributed by atoms with Gasteiger partial charge in [-0.25, -0.2) is 0 Å². The van der Waals surface area contributed by atoms with Gasteiger partial charge in [0.2, 0.25) is 0 Å². The predicted molar refractivity (Wildman–Crippen MR) is 180 cm³/mol. The van der Waals surface area contributed by atoms with Gasteiger partial charge in [-0.15, -0.1) is 0 Å². The van der Waals surface area contributed by atoms with Crippen LogP contribution in [-0.2, 0) is 0 Å². The van der Waals surface area contributed by atoms with Crippen LogP contribution in [0.25, 0.3) is 83.0 Å². The lowest BCUT2D eigenvalue weighted by molar-refractivity contribution is 1.21. The van der Waals surface area contributed by atoms with Gasteiger partial charge in [0.05, 0.1) is 33.8 Å². The zero-order chi connectivity index (χ0) is 29.9. The number of hydrogen-bond acceptors (Lipinski definition) is 5. The molecule has 0 radical (unpaired) electrons. The first-order valence-electron chi connectivity index (χ1n) is 14.7. The molecule has 0 N–H and O–H groups in total. The molecule has 6 heteroatoms. The van der Waals surface area contributed by atoms with Crippen LogP contribution in [0.15, 0.2) is 145 Å². The second-order valence-corrected chi connectivity index (χ2v) is 11.1. The molecule has 9 rings (SSSR count). The average Bonchev–Trinajstić information content (AvgIpc) is 3.45. The van der Waals surface area contributed by atoms with Crippen LogP contribution in [0.3, 0.4) is 0 Å². The molecule has 0 saturated carbocycles. The Morgan fingerprint density at radius 2 is 0.956 bits per heavy atom. The Bertz CT molecular complexity index is 2580. The van der Waals surface area contributed by atoms with Crippen molar-refractivity contribution >= 4 is 38.0 Å². The standard InChI is InChI=1S/C39H23N5O/c45-39-29-8-2-1-7-28(29)31-20-27(36-15-12-26(23-43-36)34-10-4-6-18-41-34)21-32-30-19-24(13-16-37(30)44(39)38(31)32)35-14-11-25(22-42-35)33-9-3-5-17-40-33/h1-23H. The van der Waals surface area contributed by atoms with Gasteiger partial charge in [0.15, 0.2) is 0 Å². The molecule has 0 fully saturated rings. The van der Waals surface area contributed by atoms with Crippen LogP contribution in [0.5, 0.6) is 0 Å². The van der Waals surface area contributed by atoms with Crippen LogP contribution >= 0.6 is 0 Å². The molecule has 45 heavy (non-hydrogen) atoms. The Labute approximate surface area is 257 Å². The van der Waals surface area contributed by atoms with E-state index in [-0.39, 0.29) is 5.56 Å². The first-order chi connectivity index (χ1) is 22.2. The highest BCUT2D eigenvalue weighted by Crippen LogP contribution is 2.39. The highest BCUT2D eigenvalue weighted by atomic mass is 16.1. The highest BCUT2D eigenvalue weighted by molar-refractivity contribution is 6.21. The molecule has 0 aliphatic rings. The van der Waals surface area contributed by atoms with Crippen LogP contribution in [-0.4, -0.2) is 24.3 Å². The molecule has 6 nitrogen and oxygen atoms in total. The lowest BCUT2D eigenvalue weighted by Crippen LogP contribution is -2.12. The van der Waals surface area contributed by atoms with E-state index < -0.39 is 0 Å². The summed E-state index contributed by atoms with van der Waals surface area (Å²) in [7, 11) is 0. The average molecular weight is 578 g/mol. The van der Waals surface area contributed by atoms with Crippen LogP contribution < -0.4 is 5.56 Å². The summed E-state index contributed by atoms with van der Waals surface area (Å²) in [5, 5.41) is 4.64. The van der Waals surface area contributed by atoms with Crippen molar-refractivity contribution in [3.8, 4) is 45.0 Å². The minimum absolute atomic E-state index is 0.0192. The van der Waals surface area contributed by atoms with Gasteiger partial charge in [0, 0.05) is 68.6 Å². The van der Waals surface area contributed by atoms with Gasteiger partial charge in [0.25, 0.3) is 5.56 Å². The molecular formula is C39H23N5O. The molecule has 0 aliphatic carbocycles. The summed E-state index contributed by atoms with van der Waals surface area (Å²) >= 11 is 0. The largest absolute Gasteiger partial charge is 0.275 e. The third-order valence-corrected chi connectivity index (χ3v) is 8.55. The van der Waals surface area contributed by atoms with E-state index in [4.69, 9.17) is 9.97 Å². The van der Waals surface area contributed by atoms with Crippen molar-refractivity contribution in [2.75, 3.05) is 0 Å². The maximum absolute atomic E-state index is 14.0. The first-order valence-corrected chi connectivity index (χ1v) is 14.7. The van der Waals surface area contributed by atoms with E-state index in [0.717, 1.165) is 77.6 Å². The molecule has 9 aromatic rings. The Balaban J connectivity index is 1.26. The van der Waals surface area contributed by atoms with E-state index in [9.17, 15) is 4.79 Å². The Morgan fingerprint density at radius 1 is 0.422 bits per heavy atom. The smallest absolute Gasteiger partial charge is 0.263 e. The molecule has 3 aromatic carbocycles. The van der Waals surface area contributed by atoms with Gasteiger partial charge in [-0.3, -0.25) is 29.1 Å². The molecule has 0 bridgehead atoms. The summed E-state index contributed by atoms with van der Waals surface area (Å²) in [6.45, 7) is 0. The van der Waals surface area contributed by atoms with Crippen molar-refractivity contribution in [1.82, 2.24) is 24.3 Å². The number of benzene rings is 3. The Kier molecular flexibility index (Phi) is 5.55. The fraction of sp³-hybridized carbons (Fsp3) is 0. The quantitative estimate of drug-likeness (QED) is 0.196. The predicted octanol–water partition coefficient (Wildman–Crippen LogP) is 8.44. The molecule has 6 heterocycles. The van der Waals surface area contributed by atoms with E-state index >= 15 is 0 Å². The van der Waals surface area contributed by atoms with Crippen molar-refractivity contribution in [2.24, 2.45) is 0 Å². The topological polar surface area (TPSA) is 73.0 Å². The third-order valence-electron chi connectivity index (χ3n) is 8.55. The molecule has 0 amide bonds. The minimum Gasteiger partial charge on any atom is -0.275 e. The number of hydrogen-bond donors (Lipinski definition) is 0. The van der Waals surface area contributed by atoms with E-state index in [0.29, 0.717) is 5.39 Å². The van der Waals surface area contributed by atoms with Crippen molar-refractivity contribution in [1.29, 1.82) is 0 Å². The van der Waals surface area contributed by atoms with E-state index in [2.05, 4.69) is 34.2 Å². The van der Waals surface area contributed by atoms with Gasteiger partial charge in [-0.1, -0.05) is 36.4 Å². The van der Waals surface area contributed by atoms with Gasteiger partial charge >= 0.3 is 0 Å². The maximum Gasteiger partial charge on any atom is 0.263 e. The van der Waals surface area contributed by atoms with E-state index in [1.807, 2.05) is 108 Å². The zero-order valence-electron chi connectivity index (χ0n) is 23.9. The van der Waals surface area contributed by atoms with Gasteiger partial charge in [0.1, 0.15) is 0 Å². The van der Waals surface area contributed by atoms with Crippen LogP contribution in [0, 0.1) is 0 Å². The summed E-state index contributed by atoms with van der Waals surface area (Å²) in [5.74, 6) is 0. The number of rotatable bonds is 4. The van der Waals surface area contributed by atoms with Gasteiger partial charge in [-0.2, -0.15) is 0 Å². The second kappa shape index (κ2) is 9.89. The van der Waals surface area contributed by atoms with Crippen molar-refractivity contribution in [2.45, 2.75) is 0 Å². The number of fused-ring (bicyclic) bond motifs is 5. The summed E-state index contributed by atoms with van der Waals surface area (Å²) in [4.78, 5) is 32.5. The summed E-state index contributed by atoms with van der Waals surface area (Å²) in [6.07, 6.45) is 7.30. The summed E-state index contributed by atoms with van der Waals surface area (Å²) in [5.41, 5.74) is 9.11. The SMILES string of the molecule is O=c1c2ccccc2c2cc(-c3ccc(-c4ccccn4)cn3)cc3c4cc(-c5ccc(-c6ccccn6)cn5)ccc4n1c23. The number of aromatic nitrogens is 5. The lowest BCUT2D eigenvalue weighted by Gasteiger charge is -2.09. The van der Waals surface area contributed by atoms with Crippen LogP contribution in [0.4, 0.5) is 0 Å². The number of nitrogens with zero attached hydrogens (tertiary/aromatic N) is 5. The summed E-state index contributed by atoms with van der Waals surface area (Å²) in [6, 6.07) is 38.3. The van der Waals surface area contributed by atoms with Crippen molar-refractivity contribution in [3.63, 3.8) is 0 Å². The van der Waals surface area contributed by atoms with E-state index in [1.165, 1.54) is 0 Å². The molecule has 6 aromatic heterocycles.